The quantitative estimate of drug-likeness (QED) is 0.725. The van der Waals surface area contributed by atoms with Gasteiger partial charge in [0.1, 0.15) is 24.0 Å². The lowest BCUT2D eigenvalue weighted by atomic mass is 10.1. The summed E-state index contributed by atoms with van der Waals surface area (Å²) >= 11 is 0. The smallest absolute Gasteiger partial charge is 0.255 e. The van der Waals surface area contributed by atoms with Crippen LogP contribution in [-0.2, 0) is 11.4 Å². The lowest BCUT2D eigenvalue weighted by molar-refractivity contribution is -0.130. The Morgan fingerprint density at radius 2 is 1.93 bits per heavy atom. The fourth-order valence-corrected chi connectivity index (χ4v) is 2.71. The number of fused-ring (bicyclic) bond motifs is 1. The molecule has 0 saturated carbocycles. The number of hydrogen-bond donors (Lipinski definition) is 1. The molecule has 0 unspecified atom stereocenters. The summed E-state index contributed by atoms with van der Waals surface area (Å²) in [4.78, 5) is 30.5. The molecule has 27 heavy (non-hydrogen) atoms. The number of likely N-dealkylation sites (N-methyl/N-ethyl adjacent to an activating group) is 1. The van der Waals surface area contributed by atoms with E-state index in [9.17, 15) is 9.59 Å². The van der Waals surface area contributed by atoms with E-state index < -0.39 is 6.04 Å². The molecule has 2 heterocycles. The van der Waals surface area contributed by atoms with Gasteiger partial charge >= 0.3 is 0 Å². The SMILES string of the molecule is C[C@@H](NC(=O)c1ccccc1OCc1cn2ccccc2n1)C(=O)N(C)C. The molecule has 7 nitrogen and oxygen atoms in total. The Hall–Kier alpha value is -3.35. The van der Waals surface area contributed by atoms with Crippen molar-refractivity contribution in [1.82, 2.24) is 19.6 Å². The third kappa shape index (κ3) is 4.25. The van der Waals surface area contributed by atoms with Crippen LogP contribution in [0.5, 0.6) is 5.75 Å². The summed E-state index contributed by atoms with van der Waals surface area (Å²) in [6.45, 7) is 1.89. The van der Waals surface area contributed by atoms with Crippen molar-refractivity contribution in [3.8, 4) is 5.75 Å². The van der Waals surface area contributed by atoms with Gasteiger partial charge in [-0.05, 0) is 31.2 Å². The highest BCUT2D eigenvalue weighted by atomic mass is 16.5. The largest absolute Gasteiger partial charge is 0.486 e. The van der Waals surface area contributed by atoms with Crippen LogP contribution >= 0.6 is 0 Å². The molecular formula is C20H22N4O3. The van der Waals surface area contributed by atoms with Gasteiger partial charge in [0.05, 0.1) is 11.3 Å². The molecule has 0 bridgehead atoms. The number of carbonyl (C=O) groups excluding carboxylic acids is 2. The van der Waals surface area contributed by atoms with Crippen molar-refractivity contribution in [2.75, 3.05) is 14.1 Å². The Morgan fingerprint density at radius 3 is 2.67 bits per heavy atom. The van der Waals surface area contributed by atoms with Gasteiger partial charge in [0.2, 0.25) is 5.91 Å². The van der Waals surface area contributed by atoms with Gasteiger partial charge in [0.15, 0.2) is 0 Å². The minimum absolute atomic E-state index is 0.175. The standard InChI is InChI=1S/C20H22N4O3/c1-14(20(26)23(2)3)21-19(25)16-8-4-5-9-17(16)27-13-15-12-24-11-7-6-10-18(24)22-15/h4-12,14H,13H2,1-3H3,(H,21,25)/t14-/m1/s1. The van der Waals surface area contributed by atoms with Crippen LogP contribution in [0.4, 0.5) is 0 Å². The number of rotatable bonds is 6. The minimum Gasteiger partial charge on any atom is -0.486 e. The van der Waals surface area contributed by atoms with Crippen LogP contribution in [0.3, 0.4) is 0 Å². The van der Waals surface area contributed by atoms with E-state index in [4.69, 9.17) is 4.74 Å². The molecular weight excluding hydrogens is 344 g/mol. The first-order valence-electron chi connectivity index (χ1n) is 8.62. The van der Waals surface area contributed by atoms with Gasteiger partial charge in [-0.3, -0.25) is 9.59 Å². The van der Waals surface area contributed by atoms with Gasteiger partial charge in [-0.15, -0.1) is 0 Å². The Balaban J connectivity index is 1.71. The highest BCUT2D eigenvalue weighted by Crippen LogP contribution is 2.19. The fourth-order valence-electron chi connectivity index (χ4n) is 2.71. The molecule has 2 amide bonds. The normalized spacial score (nSPS) is 11.8. The summed E-state index contributed by atoms with van der Waals surface area (Å²) in [6, 6.07) is 12.1. The Kier molecular flexibility index (Phi) is 5.40. The van der Waals surface area contributed by atoms with E-state index in [1.165, 1.54) is 4.90 Å². The molecule has 3 aromatic rings. The zero-order valence-electron chi connectivity index (χ0n) is 15.5. The third-order valence-corrected chi connectivity index (χ3v) is 4.08. The number of nitrogens with zero attached hydrogens (tertiary/aromatic N) is 3. The maximum Gasteiger partial charge on any atom is 0.255 e. The zero-order valence-corrected chi connectivity index (χ0v) is 15.5. The van der Waals surface area contributed by atoms with Crippen molar-refractivity contribution < 1.29 is 14.3 Å². The van der Waals surface area contributed by atoms with Gasteiger partial charge in [-0.1, -0.05) is 18.2 Å². The molecule has 1 N–H and O–H groups in total. The van der Waals surface area contributed by atoms with Crippen LogP contribution in [0.25, 0.3) is 5.65 Å². The summed E-state index contributed by atoms with van der Waals surface area (Å²) in [5.74, 6) is -0.0914. The highest BCUT2D eigenvalue weighted by molar-refractivity contribution is 5.99. The Labute approximate surface area is 157 Å². The van der Waals surface area contributed by atoms with E-state index in [0.29, 0.717) is 11.3 Å². The second-order valence-electron chi connectivity index (χ2n) is 6.41. The maximum atomic E-state index is 12.6. The van der Waals surface area contributed by atoms with E-state index in [-0.39, 0.29) is 18.4 Å². The van der Waals surface area contributed by atoms with Crippen LogP contribution in [0.15, 0.2) is 54.9 Å². The lowest BCUT2D eigenvalue weighted by Crippen LogP contribution is -2.44. The Bertz CT molecular complexity index is 932. The number of imidazole rings is 1. The van der Waals surface area contributed by atoms with Crippen molar-refractivity contribution in [1.29, 1.82) is 0 Å². The molecule has 0 spiro atoms. The van der Waals surface area contributed by atoms with Crippen molar-refractivity contribution in [3.05, 3.63) is 66.1 Å². The first-order chi connectivity index (χ1) is 13.0. The second-order valence-corrected chi connectivity index (χ2v) is 6.41. The average molecular weight is 366 g/mol. The first-order valence-corrected chi connectivity index (χ1v) is 8.62. The van der Waals surface area contributed by atoms with Crippen LogP contribution in [0.2, 0.25) is 0 Å². The van der Waals surface area contributed by atoms with Gasteiger partial charge in [0.25, 0.3) is 5.91 Å². The van der Waals surface area contributed by atoms with Crippen LogP contribution < -0.4 is 10.1 Å². The minimum atomic E-state index is -0.626. The molecule has 1 aromatic carbocycles. The van der Waals surface area contributed by atoms with Gasteiger partial charge in [0, 0.05) is 26.5 Å². The van der Waals surface area contributed by atoms with Crippen molar-refractivity contribution in [3.63, 3.8) is 0 Å². The highest BCUT2D eigenvalue weighted by Gasteiger charge is 2.20. The summed E-state index contributed by atoms with van der Waals surface area (Å²) in [5, 5.41) is 2.71. The predicted octanol–water partition coefficient (Wildman–Crippen LogP) is 2.12. The summed E-state index contributed by atoms with van der Waals surface area (Å²) in [5.41, 5.74) is 1.96. The molecule has 0 aliphatic heterocycles. The van der Waals surface area contributed by atoms with E-state index in [2.05, 4.69) is 10.3 Å². The molecule has 1 atom stereocenters. The topological polar surface area (TPSA) is 75.9 Å². The zero-order chi connectivity index (χ0) is 19.4. The lowest BCUT2D eigenvalue weighted by Gasteiger charge is -2.18. The van der Waals surface area contributed by atoms with Crippen molar-refractivity contribution in [2.45, 2.75) is 19.6 Å². The molecule has 140 valence electrons. The van der Waals surface area contributed by atoms with E-state index in [1.54, 1.807) is 45.3 Å². The number of amides is 2. The first kappa shape index (κ1) is 18.4. The Morgan fingerprint density at radius 1 is 1.19 bits per heavy atom. The van der Waals surface area contributed by atoms with Gasteiger partial charge < -0.3 is 19.4 Å². The van der Waals surface area contributed by atoms with Gasteiger partial charge in [-0.25, -0.2) is 4.98 Å². The van der Waals surface area contributed by atoms with Crippen LogP contribution in [-0.4, -0.2) is 46.2 Å². The van der Waals surface area contributed by atoms with Crippen LogP contribution in [0.1, 0.15) is 23.0 Å². The molecule has 0 aliphatic rings. The van der Waals surface area contributed by atoms with E-state index in [1.807, 2.05) is 35.0 Å². The number of ether oxygens (including phenoxy) is 1. The van der Waals surface area contributed by atoms with Crippen molar-refractivity contribution in [2.24, 2.45) is 0 Å². The molecule has 0 saturated heterocycles. The van der Waals surface area contributed by atoms with E-state index >= 15 is 0 Å². The number of pyridine rings is 1. The van der Waals surface area contributed by atoms with Crippen LogP contribution in [0, 0.1) is 0 Å². The number of carbonyl (C=O) groups is 2. The predicted molar refractivity (Wildman–Crippen MR) is 102 cm³/mol. The summed E-state index contributed by atoms with van der Waals surface area (Å²) in [7, 11) is 3.30. The number of nitrogens with one attached hydrogen (secondary N) is 1. The monoisotopic (exact) mass is 366 g/mol. The molecule has 7 heteroatoms. The molecule has 0 radical (unpaired) electrons. The average Bonchev–Trinajstić information content (AvgIpc) is 3.08. The maximum absolute atomic E-state index is 12.6. The third-order valence-electron chi connectivity index (χ3n) is 4.08. The fraction of sp³-hybridized carbons (Fsp3) is 0.250. The number of hydrogen-bond acceptors (Lipinski definition) is 4. The number of aromatic nitrogens is 2. The molecule has 3 rings (SSSR count). The second kappa shape index (κ2) is 7.90. The number of para-hydroxylation sites is 1. The van der Waals surface area contributed by atoms with Crippen molar-refractivity contribution >= 4 is 17.5 Å². The summed E-state index contributed by atoms with van der Waals surface area (Å²) < 4.78 is 7.74. The molecule has 2 aromatic heterocycles. The number of benzene rings is 1. The molecule has 0 fully saturated rings. The van der Waals surface area contributed by atoms with Gasteiger partial charge in [-0.2, -0.15) is 0 Å². The summed E-state index contributed by atoms with van der Waals surface area (Å²) in [6.07, 6.45) is 3.80. The van der Waals surface area contributed by atoms with E-state index in [0.717, 1.165) is 11.3 Å². The molecule has 0 aliphatic carbocycles.